The highest BCUT2D eigenvalue weighted by molar-refractivity contribution is 6.13. The van der Waals surface area contributed by atoms with Crippen molar-refractivity contribution in [2.75, 3.05) is 12.4 Å². The van der Waals surface area contributed by atoms with Crippen molar-refractivity contribution >= 4 is 22.5 Å². The van der Waals surface area contributed by atoms with E-state index in [0.29, 0.717) is 28.1 Å². The molecular weight excluding hydrogens is 366 g/mol. The van der Waals surface area contributed by atoms with Gasteiger partial charge in [0.1, 0.15) is 5.75 Å². The number of nitrogens with zero attached hydrogens (tertiary/aromatic N) is 2. The van der Waals surface area contributed by atoms with E-state index in [2.05, 4.69) is 5.32 Å². The second kappa shape index (κ2) is 7.31. The number of fused-ring (bicyclic) bond motifs is 1. The maximum atomic E-state index is 13.5. The number of aryl methyl sites for hydroxylation is 2. The number of para-hydroxylation sites is 3. The molecule has 2 heterocycles. The summed E-state index contributed by atoms with van der Waals surface area (Å²) in [5.74, 6) is 0.260. The number of nitrogens with one attached hydrogen (secondary N) is 1. The van der Waals surface area contributed by atoms with Gasteiger partial charge in [-0.25, -0.2) is 0 Å². The van der Waals surface area contributed by atoms with Crippen molar-refractivity contribution in [1.29, 1.82) is 0 Å². The molecule has 2 aromatic heterocycles. The van der Waals surface area contributed by atoms with Crippen molar-refractivity contribution in [2.45, 2.75) is 6.92 Å². The van der Waals surface area contributed by atoms with Gasteiger partial charge in [-0.3, -0.25) is 14.2 Å². The van der Waals surface area contributed by atoms with Crippen LogP contribution in [-0.4, -0.2) is 22.2 Å². The number of carbonyl (C=O) groups is 1. The van der Waals surface area contributed by atoms with Gasteiger partial charge < -0.3 is 14.6 Å². The van der Waals surface area contributed by atoms with Gasteiger partial charge in [0, 0.05) is 25.1 Å². The maximum Gasteiger partial charge on any atom is 0.265 e. The lowest BCUT2D eigenvalue weighted by atomic mass is 10.1. The zero-order valence-electron chi connectivity index (χ0n) is 16.5. The average Bonchev–Trinajstić information content (AvgIpc) is 3.09. The Morgan fingerprint density at radius 2 is 1.69 bits per heavy atom. The average molecular weight is 387 g/mol. The Bertz CT molecular complexity index is 1270. The monoisotopic (exact) mass is 387 g/mol. The second-order valence-corrected chi connectivity index (χ2v) is 6.86. The van der Waals surface area contributed by atoms with Crippen molar-refractivity contribution in [3.05, 3.63) is 88.5 Å². The van der Waals surface area contributed by atoms with Crippen LogP contribution in [0.4, 0.5) is 5.69 Å². The van der Waals surface area contributed by atoms with Gasteiger partial charge in [0.2, 0.25) is 0 Å². The summed E-state index contributed by atoms with van der Waals surface area (Å²) < 4.78 is 8.78. The highest BCUT2D eigenvalue weighted by Gasteiger charge is 2.21. The van der Waals surface area contributed by atoms with Gasteiger partial charge in [0.05, 0.1) is 29.3 Å². The standard InChI is InChI=1S/C23H21N3O3/c1-15-13-26(18-11-7-8-12-19(18)29-3)23(28)20-17(14-25(2)21(15)20)22(27)24-16-9-5-4-6-10-16/h4-14H,1-3H3,(H,24,27). The third kappa shape index (κ3) is 3.18. The van der Waals surface area contributed by atoms with Gasteiger partial charge in [-0.05, 0) is 36.8 Å². The molecule has 4 aromatic rings. The first-order valence-electron chi connectivity index (χ1n) is 9.22. The molecule has 0 aliphatic carbocycles. The molecule has 0 fully saturated rings. The third-order valence-electron chi connectivity index (χ3n) is 4.93. The van der Waals surface area contributed by atoms with Gasteiger partial charge in [0.15, 0.2) is 0 Å². The molecule has 0 saturated heterocycles. The number of hydrogen-bond acceptors (Lipinski definition) is 3. The number of anilines is 1. The maximum absolute atomic E-state index is 13.5. The second-order valence-electron chi connectivity index (χ2n) is 6.86. The minimum Gasteiger partial charge on any atom is -0.495 e. The van der Waals surface area contributed by atoms with E-state index in [1.165, 1.54) is 4.57 Å². The van der Waals surface area contributed by atoms with E-state index in [0.717, 1.165) is 11.1 Å². The number of pyridine rings is 1. The van der Waals surface area contributed by atoms with E-state index in [-0.39, 0.29) is 11.5 Å². The van der Waals surface area contributed by atoms with E-state index in [4.69, 9.17) is 4.74 Å². The molecule has 0 unspecified atom stereocenters. The zero-order chi connectivity index (χ0) is 20.5. The van der Waals surface area contributed by atoms with Gasteiger partial charge >= 0.3 is 0 Å². The summed E-state index contributed by atoms with van der Waals surface area (Å²) in [6.45, 7) is 1.92. The van der Waals surface area contributed by atoms with Gasteiger partial charge in [0.25, 0.3) is 11.5 Å². The van der Waals surface area contributed by atoms with Crippen LogP contribution >= 0.6 is 0 Å². The first-order chi connectivity index (χ1) is 14.0. The summed E-state index contributed by atoms with van der Waals surface area (Å²) in [4.78, 5) is 26.4. The fourth-order valence-corrected chi connectivity index (χ4v) is 3.65. The Kier molecular flexibility index (Phi) is 4.68. The minimum absolute atomic E-state index is 0.270. The van der Waals surface area contributed by atoms with Crippen LogP contribution in [0.3, 0.4) is 0 Å². The summed E-state index contributed by atoms with van der Waals surface area (Å²) in [6, 6.07) is 16.5. The van der Waals surface area contributed by atoms with Crippen LogP contribution in [-0.2, 0) is 7.05 Å². The molecule has 0 aliphatic rings. The summed E-state index contributed by atoms with van der Waals surface area (Å²) in [5.41, 5.74) is 2.99. The van der Waals surface area contributed by atoms with Gasteiger partial charge in [-0.2, -0.15) is 0 Å². The van der Waals surface area contributed by atoms with Crippen LogP contribution in [0.5, 0.6) is 5.75 Å². The molecule has 6 nitrogen and oxygen atoms in total. The zero-order valence-corrected chi connectivity index (χ0v) is 16.5. The molecule has 4 rings (SSSR count). The lowest BCUT2D eigenvalue weighted by Crippen LogP contribution is -2.22. The summed E-state index contributed by atoms with van der Waals surface area (Å²) in [5, 5.41) is 3.25. The molecule has 1 N–H and O–H groups in total. The Hall–Kier alpha value is -3.80. The highest BCUT2D eigenvalue weighted by atomic mass is 16.5. The first kappa shape index (κ1) is 18.6. The number of rotatable bonds is 4. The van der Waals surface area contributed by atoms with Crippen molar-refractivity contribution in [1.82, 2.24) is 9.13 Å². The molecule has 6 heteroatoms. The van der Waals surface area contributed by atoms with Crippen molar-refractivity contribution < 1.29 is 9.53 Å². The third-order valence-corrected chi connectivity index (χ3v) is 4.93. The molecule has 146 valence electrons. The number of hydrogen-bond donors (Lipinski definition) is 1. The lowest BCUT2D eigenvalue weighted by molar-refractivity contribution is 0.102. The molecule has 0 aliphatic heterocycles. The van der Waals surface area contributed by atoms with Crippen LogP contribution < -0.4 is 15.6 Å². The Balaban J connectivity index is 1.93. The molecule has 29 heavy (non-hydrogen) atoms. The molecule has 0 atom stereocenters. The molecule has 0 bridgehead atoms. The Morgan fingerprint density at radius 1 is 1.00 bits per heavy atom. The van der Waals surface area contributed by atoms with E-state index in [1.807, 2.05) is 54.9 Å². The quantitative estimate of drug-likeness (QED) is 0.578. The number of benzene rings is 2. The van der Waals surface area contributed by atoms with E-state index >= 15 is 0 Å². The van der Waals surface area contributed by atoms with Crippen LogP contribution in [0.15, 0.2) is 71.8 Å². The normalized spacial score (nSPS) is 10.9. The number of carbonyl (C=O) groups excluding carboxylic acids is 1. The number of ether oxygens (including phenoxy) is 1. The van der Waals surface area contributed by atoms with Gasteiger partial charge in [-0.1, -0.05) is 30.3 Å². The fourth-order valence-electron chi connectivity index (χ4n) is 3.65. The van der Waals surface area contributed by atoms with E-state index in [9.17, 15) is 9.59 Å². The van der Waals surface area contributed by atoms with E-state index < -0.39 is 0 Å². The number of aromatic nitrogens is 2. The van der Waals surface area contributed by atoms with E-state index in [1.54, 1.807) is 37.7 Å². The molecule has 0 saturated carbocycles. The van der Waals surface area contributed by atoms with Crippen LogP contribution in [0.25, 0.3) is 16.6 Å². The van der Waals surface area contributed by atoms with Crippen LogP contribution in [0.2, 0.25) is 0 Å². The molecule has 0 radical (unpaired) electrons. The smallest absolute Gasteiger partial charge is 0.265 e. The Labute approximate surface area is 168 Å². The van der Waals surface area contributed by atoms with Crippen molar-refractivity contribution in [3.63, 3.8) is 0 Å². The summed E-state index contributed by atoms with van der Waals surface area (Å²) >= 11 is 0. The number of methoxy groups -OCH3 is 1. The van der Waals surface area contributed by atoms with Crippen molar-refractivity contribution in [3.8, 4) is 11.4 Å². The predicted molar refractivity (Wildman–Crippen MR) is 114 cm³/mol. The van der Waals surface area contributed by atoms with Crippen molar-refractivity contribution in [2.24, 2.45) is 7.05 Å². The van der Waals surface area contributed by atoms with Crippen LogP contribution in [0, 0.1) is 6.92 Å². The lowest BCUT2D eigenvalue weighted by Gasteiger charge is -2.13. The highest BCUT2D eigenvalue weighted by Crippen LogP contribution is 2.26. The fraction of sp³-hybridized carbons (Fsp3) is 0.130. The van der Waals surface area contributed by atoms with Crippen LogP contribution in [0.1, 0.15) is 15.9 Å². The number of amides is 1. The summed E-state index contributed by atoms with van der Waals surface area (Å²) in [7, 11) is 3.40. The Morgan fingerprint density at radius 3 is 2.41 bits per heavy atom. The van der Waals surface area contributed by atoms with Gasteiger partial charge in [-0.15, -0.1) is 0 Å². The molecule has 0 spiro atoms. The predicted octanol–water partition coefficient (Wildman–Crippen LogP) is 3.90. The topological polar surface area (TPSA) is 65.3 Å². The largest absolute Gasteiger partial charge is 0.495 e. The molecule has 1 amide bonds. The SMILES string of the molecule is COc1ccccc1-n1cc(C)c2c(c(C(=O)Nc3ccccc3)cn2C)c1=O. The molecule has 2 aromatic carbocycles. The minimum atomic E-state index is -0.323. The summed E-state index contributed by atoms with van der Waals surface area (Å²) in [6.07, 6.45) is 3.48. The molecular formula is C23H21N3O3. The first-order valence-corrected chi connectivity index (χ1v) is 9.22.